The Morgan fingerprint density at radius 2 is 1.83 bits per heavy atom. The largest absolute Gasteiger partial charge is 0.497 e. The van der Waals surface area contributed by atoms with E-state index in [1.807, 2.05) is 6.92 Å². The first kappa shape index (κ1) is 31.5. The zero-order valence-corrected chi connectivity index (χ0v) is 23.3. The van der Waals surface area contributed by atoms with Gasteiger partial charge in [-0.05, 0) is 49.4 Å². The highest BCUT2D eigenvalue weighted by atomic mass is 19.4. The van der Waals surface area contributed by atoms with Gasteiger partial charge in [0.05, 0.1) is 38.3 Å². The van der Waals surface area contributed by atoms with Crippen molar-refractivity contribution in [2.75, 3.05) is 44.5 Å². The zero-order valence-electron chi connectivity index (χ0n) is 23.3. The Morgan fingerprint density at radius 1 is 1.17 bits per heavy atom. The molecule has 0 aliphatic carbocycles. The maximum Gasteiger partial charge on any atom is 0.389 e. The number of likely N-dealkylation sites (N-methyl/N-ethyl adjacent to an activating group) is 1. The van der Waals surface area contributed by atoms with Gasteiger partial charge in [0.1, 0.15) is 17.6 Å². The topological polar surface area (TPSA) is 120 Å². The molecule has 0 radical (unpaired) electrons. The highest BCUT2D eigenvalue weighted by Gasteiger charge is 2.34. The standard InChI is InChI=1S/C28H35F3N4O6/c1-17-14-35(18(2)16-36)26(38)22-13-20(32-25(37)11-12-28(29,30)31)7-10-23(22)41-24(17)15-34(3)27(39)33-19-5-8-21(40-4)9-6-19/h5-10,13,17-18,24,36H,11-12,14-16H2,1-4H3,(H,32,37)(H,33,39)/t17-,18-,24-/m0/s1. The van der Waals surface area contributed by atoms with E-state index in [0.29, 0.717) is 11.4 Å². The number of rotatable bonds is 9. The number of aliphatic hydroxyl groups excluding tert-OH is 1. The van der Waals surface area contributed by atoms with Crippen LogP contribution in [0.15, 0.2) is 42.5 Å². The molecule has 2 aromatic rings. The normalized spacial score (nSPS) is 17.9. The molecular weight excluding hydrogens is 545 g/mol. The number of amides is 4. The molecule has 0 spiro atoms. The minimum absolute atomic E-state index is 0.0705. The van der Waals surface area contributed by atoms with E-state index in [9.17, 15) is 32.7 Å². The number of ether oxygens (including phenoxy) is 2. The van der Waals surface area contributed by atoms with E-state index in [4.69, 9.17) is 9.47 Å². The summed E-state index contributed by atoms with van der Waals surface area (Å²) in [4.78, 5) is 41.4. The number of hydrogen-bond acceptors (Lipinski definition) is 6. The smallest absolute Gasteiger partial charge is 0.389 e. The predicted molar refractivity (Wildman–Crippen MR) is 146 cm³/mol. The van der Waals surface area contributed by atoms with Crippen LogP contribution in [0.3, 0.4) is 0 Å². The van der Waals surface area contributed by atoms with Crippen LogP contribution in [0, 0.1) is 5.92 Å². The molecule has 10 nitrogen and oxygen atoms in total. The number of nitrogens with zero attached hydrogens (tertiary/aromatic N) is 2. The molecule has 224 valence electrons. The molecule has 1 aliphatic rings. The summed E-state index contributed by atoms with van der Waals surface area (Å²) >= 11 is 0. The average Bonchev–Trinajstić information content (AvgIpc) is 2.93. The first-order chi connectivity index (χ1) is 19.3. The van der Waals surface area contributed by atoms with Crippen LogP contribution in [-0.4, -0.2) is 84.9 Å². The molecule has 41 heavy (non-hydrogen) atoms. The highest BCUT2D eigenvalue weighted by molar-refractivity contribution is 6.00. The molecule has 3 rings (SSSR count). The van der Waals surface area contributed by atoms with Crippen LogP contribution in [-0.2, 0) is 4.79 Å². The van der Waals surface area contributed by atoms with Gasteiger partial charge in [-0.1, -0.05) is 6.92 Å². The van der Waals surface area contributed by atoms with Crippen molar-refractivity contribution in [3.63, 3.8) is 0 Å². The third kappa shape index (κ3) is 8.74. The summed E-state index contributed by atoms with van der Waals surface area (Å²) in [5.41, 5.74) is 0.768. The number of urea groups is 1. The van der Waals surface area contributed by atoms with E-state index in [-0.39, 0.29) is 48.6 Å². The van der Waals surface area contributed by atoms with Gasteiger partial charge in [0.2, 0.25) is 5.91 Å². The fourth-order valence-electron chi connectivity index (χ4n) is 4.24. The van der Waals surface area contributed by atoms with Crippen molar-refractivity contribution in [3.8, 4) is 11.5 Å². The van der Waals surface area contributed by atoms with E-state index in [1.165, 1.54) is 28.0 Å². The number of methoxy groups -OCH3 is 1. The van der Waals surface area contributed by atoms with Gasteiger partial charge >= 0.3 is 12.2 Å². The van der Waals surface area contributed by atoms with Gasteiger partial charge < -0.3 is 35.0 Å². The van der Waals surface area contributed by atoms with Crippen molar-refractivity contribution < 1.29 is 42.1 Å². The number of carbonyl (C=O) groups excluding carboxylic acids is 3. The first-order valence-corrected chi connectivity index (χ1v) is 13.1. The Hall–Kier alpha value is -4.00. The van der Waals surface area contributed by atoms with Gasteiger partial charge in [-0.25, -0.2) is 4.79 Å². The predicted octanol–water partition coefficient (Wildman–Crippen LogP) is 4.36. The zero-order chi connectivity index (χ0) is 30.3. The number of nitrogens with one attached hydrogen (secondary N) is 2. The summed E-state index contributed by atoms with van der Waals surface area (Å²) in [5.74, 6) is -0.757. The fourth-order valence-corrected chi connectivity index (χ4v) is 4.24. The third-order valence-corrected chi connectivity index (χ3v) is 6.73. The molecule has 0 saturated heterocycles. The minimum Gasteiger partial charge on any atom is -0.497 e. The molecule has 0 saturated carbocycles. The molecule has 1 aliphatic heterocycles. The van der Waals surface area contributed by atoms with E-state index in [0.717, 1.165) is 0 Å². The van der Waals surface area contributed by atoms with Crippen LogP contribution in [0.1, 0.15) is 37.0 Å². The SMILES string of the molecule is COc1ccc(NC(=O)N(C)C[C@@H]2Oc3ccc(NC(=O)CCC(F)(F)F)cc3C(=O)N([C@@H](C)CO)C[C@@H]2C)cc1. The molecule has 0 fully saturated rings. The third-order valence-electron chi connectivity index (χ3n) is 6.73. The molecule has 1 heterocycles. The lowest BCUT2D eigenvalue weighted by molar-refractivity contribution is -0.142. The second-order valence-electron chi connectivity index (χ2n) is 10.0. The number of hydrogen-bond donors (Lipinski definition) is 3. The molecular formula is C28H35F3N4O6. The maximum absolute atomic E-state index is 13.5. The van der Waals surface area contributed by atoms with Crippen LogP contribution in [0.4, 0.5) is 29.3 Å². The van der Waals surface area contributed by atoms with Crippen molar-refractivity contribution in [2.24, 2.45) is 5.92 Å². The lowest BCUT2D eigenvalue weighted by atomic mass is 9.99. The van der Waals surface area contributed by atoms with Crippen LogP contribution in [0.25, 0.3) is 0 Å². The molecule has 0 unspecified atom stereocenters. The lowest BCUT2D eigenvalue weighted by Crippen LogP contribution is -2.50. The van der Waals surface area contributed by atoms with Crippen LogP contribution >= 0.6 is 0 Å². The monoisotopic (exact) mass is 580 g/mol. The summed E-state index contributed by atoms with van der Waals surface area (Å²) in [6.07, 6.45) is -7.08. The summed E-state index contributed by atoms with van der Waals surface area (Å²) < 4.78 is 48.9. The number of benzene rings is 2. The van der Waals surface area contributed by atoms with Crippen molar-refractivity contribution in [1.82, 2.24) is 9.80 Å². The van der Waals surface area contributed by atoms with Crippen LogP contribution in [0.5, 0.6) is 11.5 Å². The van der Waals surface area contributed by atoms with Gasteiger partial charge in [-0.15, -0.1) is 0 Å². The number of alkyl halides is 3. The number of halogens is 3. The minimum atomic E-state index is -4.47. The summed E-state index contributed by atoms with van der Waals surface area (Å²) in [6, 6.07) is 10.1. The van der Waals surface area contributed by atoms with Crippen molar-refractivity contribution in [2.45, 2.75) is 45.0 Å². The number of carbonyl (C=O) groups is 3. The lowest BCUT2D eigenvalue weighted by Gasteiger charge is -2.38. The Labute approximate surface area is 236 Å². The van der Waals surface area contributed by atoms with Gasteiger partial charge in [-0.2, -0.15) is 13.2 Å². The molecule has 3 N–H and O–H groups in total. The number of aliphatic hydroxyl groups is 1. The quantitative estimate of drug-likeness (QED) is 0.406. The molecule has 0 aromatic heterocycles. The molecule has 4 amide bonds. The second-order valence-corrected chi connectivity index (χ2v) is 10.0. The van der Waals surface area contributed by atoms with Gasteiger partial charge in [0.15, 0.2) is 0 Å². The Kier molecular flexibility index (Phi) is 10.4. The summed E-state index contributed by atoms with van der Waals surface area (Å²) in [6.45, 7) is 3.58. The summed E-state index contributed by atoms with van der Waals surface area (Å²) in [7, 11) is 3.15. The van der Waals surface area contributed by atoms with E-state index < -0.39 is 43.0 Å². The molecule has 2 aromatic carbocycles. The number of fused-ring (bicyclic) bond motifs is 1. The van der Waals surface area contributed by atoms with E-state index in [1.54, 1.807) is 45.3 Å². The van der Waals surface area contributed by atoms with Crippen LogP contribution in [0.2, 0.25) is 0 Å². The Bertz CT molecular complexity index is 1220. The Balaban J connectivity index is 1.81. The average molecular weight is 581 g/mol. The Morgan fingerprint density at radius 3 is 2.44 bits per heavy atom. The second kappa shape index (κ2) is 13.6. The maximum atomic E-state index is 13.5. The van der Waals surface area contributed by atoms with Crippen molar-refractivity contribution in [3.05, 3.63) is 48.0 Å². The van der Waals surface area contributed by atoms with E-state index in [2.05, 4.69) is 10.6 Å². The highest BCUT2D eigenvalue weighted by Crippen LogP contribution is 2.31. The van der Waals surface area contributed by atoms with Crippen LogP contribution < -0.4 is 20.1 Å². The fraction of sp³-hybridized carbons (Fsp3) is 0.464. The van der Waals surface area contributed by atoms with Gasteiger partial charge in [0.25, 0.3) is 5.91 Å². The molecule has 3 atom stereocenters. The summed E-state index contributed by atoms with van der Waals surface area (Å²) in [5, 5.41) is 15.0. The van der Waals surface area contributed by atoms with Gasteiger partial charge in [0, 0.05) is 37.3 Å². The molecule has 0 bridgehead atoms. The molecule has 13 heteroatoms. The van der Waals surface area contributed by atoms with Gasteiger partial charge in [-0.3, -0.25) is 9.59 Å². The first-order valence-electron chi connectivity index (χ1n) is 13.1. The van der Waals surface area contributed by atoms with Crippen molar-refractivity contribution in [1.29, 1.82) is 0 Å². The van der Waals surface area contributed by atoms with E-state index >= 15 is 0 Å². The number of anilines is 2. The van der Waals surface area contributed by atoms with Crippen molar-refractivity contribution >= 4 is 29.2 Å².